The molecule has 0 radical (unpaired) electrons. The van der Waals surface area contributed by atoms with Crippen LogP contribution in [0.1, 0.15) is 49.8 Å². The molecule has 1 aliphatic heterocycles. The molecule has 0 aliphatic carbocycles. The van der Waals surface area contributed by atoms with Gasteiger partial charge in [-0.2, -0.15) is 0 Å². The van der Waals surface area contributed by atoms with E-state index in [0.29, 0.717) is 6.04 Å². The molecular weight excluding hydrogens is 376 g/mol. The molecule has 1 amide bonds. The van der Waals surface area contributed by atoms with Gasteiger partial charge in [-0.3, -0.25) is 0 Å². The fraction of sp³-hybridized carbons (Fsp3) is 0.706. The molecule has 1 unspecified atom stereocenters. The third-order valence-corrected chi connectivity index (χ3v) is 5.93. The molecule has 1 aliphatic rings. The van der Waals surface area contributed by atoms with Crippen LogP contribution in [0.25, 0.3) is 0 Å². The Morgan fingerprint density at radius 1 is 1.48 bits per heavy atom. The van der Waals surface area contributed by atoms with E-state index in [2.05, 4.69) is 34.2 Å². The van der Waals surface area contributed by atoms with E-state index in [9.17, 15) is 4.79 Å². The lowest BCUT2D eigenvalue weighted by Gasteiger charge is -2.28. The van der Waals surface area contributed by atoms with Crippen molar-refractivity contribution in [2.45, 2.75) is 65.1 Å². The number of hydrogen-bond acceptors (Lipinski definition) is 4. The summed E-state index contributed by atoms with van der Waals surface area (Å²) < 4.78 is 6.69. The normalized spacial score (nSPS) is 19.5. The summed E-state index contributed by atoms with van der Waals surface area (Å²) in [5, 5.41) is 3.61. The molecule has 1 aromatic rings. The number of hydrogen-bond donors (Lipinski definition) is 1. The van der Waals surface area contributed by atoms with Gasteiger partial charge in [0.15, 0.2) is 0 Å². The average molecular weight is 403 g/mol. The molecule has 0 bridgehead atoms. The van der Waals surface area contributed by atoms with Gasteiger partial charge in [0.1, 0.15) is 5.60 Å². The van der Waals surface area contributed by atoms with Crippen molar-refractivity contribution >= 4 is 33.4 Å². The molecule has 1 saturated heterocycles. The summed E-state index contributed by atoms with van der Waals surface area (Å²) in [5.41, 5.74) is -0.437. The van der Waals surface area contributed by atoms with Crippen LogP contribution in [0.4, 0.5) is 4.79 Å². The number of halogens is 1. The largest absolute Gasteiger partial charge is 0.444 e. The van der Waals surface area contributed by atoms with Crippen molar-refractivity contribution in [3.8, 4) is 0 Å². The predicted octanol–water partition coefficient (Wildman–Crippen LogP) is 4.70. The number of likely N-dealkylation sites (tertiary alicyclic amines) is 1. The minimum absolute atomic E-state index is 0.194. The molecule has 0 saturated carbocycles. The highest BCUT2D eigenvalue weighted by molar-refractivity contribution is 9.10. The first-order chi connectivity index (χ1) is 10.7. The third kappa shape index (κ3) is 6.08. The van der Waals surface area contributed by atoms with Crippen molar-refractivity contribution in [1.82, 2.24) is 10.2 Å². The second-order valence-electron chi connectivity index (χ2n) is 7.12. The zero-order valence-electron chi connectivity index (χ0n) is 14.4. The third-order valence-electron chi connectivity index (χ3n) is 3.80. The number of nitrogens with zero attached hydrogens (tertiary/aromatic N) is 1. The van der Waals surface area contributed by atoms with Gasteiger partial charge in [-0.1, -0.05) is 6.42 Å². The summed E-state index contributed by atoms with van der Waals surface area (Å²) in [6, 6.07) is 2.50. The van der Waals surface area contributed by atoms with Gasteiger partial charge in [0.05, 0.1) is 0 Å². The van der Waals surface area contributed by atoms with E-state index in [1.807, 2.05) is 37.0 Å². The van der Waals surface area contributed by atoms with Crippen LogP contribution in [0.2, 0.25) is 0 Å². The Balaban J connectivity index is 1.90. The fourth-order valence-electron chi connectivity index (χ4n) is 2.65. The quantitative estimate of drug-likeness (QED) is 0.796. The van der Waals surface area contributed by atoms with E-state index < -0.39 is 5.60 Å². The van der Waals surface area contributed by atoms with Crippen LogP contribution in [0.3, 0.4) is 0 Å². The van der Waals surface area contributed by atoms with Gasteiger partial charge in [0.25, 0.3) is 0 Å². The summed E-state index contributed by atoms with van der Waals surface area (Å²) in [5.74, 6) is 0. The van der Waals surface area contributed by atoms with Crippen molar-refractivity contribution in [3.05, 3.63) is 20.3 Å². The molecule has 23 heavy (non-hydrogen) atoms. The summed E-state index contributed by atoms with van der Waals surface area (Å²) >= 11 is 5.37. The van der Waals surface area contributed by atoms with Crippen LogP contribution < -0.4 is 5.32 Å². The minimum Gasteiger partial charge on any atom is -0.444 e. The van der Waals surface area contributed by atoms with E-state index in [1.54, 1.807) is 0 Å². The Bertz CT molecular complexity index is 520. The molecule has 1 fully saturated rings. The van der Waals surface area contributed by atoms with Gasteiger partial charge in [0.2, 0.25) is 0 Å². The van der Waals surface area contributed by atoms with Gasteiger partial charge in [-0.15, -0.1) is 11.3 Å². The van der Waals surface area contributed by atoms with Crippen LogP contribution in [-0.4, -0.2) is 35.7 Å². The zero-order valence-corrected chi connectivity index (χ0v) is 16.8. The lowest BCUT2D eigenvalue weighted by atomic mass is 10.1. The topological polar surface area (TPSA) is 41.6 Å². The molecule has 1 atom stereocenters. The van der Waals surface area contributed by atoms with E-state index in [4.69, 9.17) is 4.74 Å². The Kier molecular flexibility index (Phi) is 6.51. The van der Waals surface area contributed by atoms with E-state index in [-0.39, 0.29) is 6.09 Å². The van der Waals surface area contributed by atoms with Crippen molar-refractivity contribution < 1.29 is 9.53 Å². The highest BCUT2D eigenvalue weighted by atomic mass is 79.9. The molecule has 2 rings (SSSR count). The number of rotatable bonds is 3. The lowest BCUT2D eigenvalue weighted by molar-refractivity contribution is 0.0243. The Labute approximate surface area is 151 Å². The van der Waals surface area contributed by atoms with Crippen LogP contribution in [0.15, 0.2) is 10.5 Å². The Morgan fingerprint density at radius 2 is 2.22 bits per heavy atom. The molecule has 130 valence electrons. The second kappa shape index (κ2) is 7.99. The molecule has 1 aromatic heterocycles. The first-order valence-electron chi connectivity index (χ1n) is 8.21. The monoisotopic (exact) mass is 402 g/mol. The van der Waals surface area contributed by atoms with Crippen LogP contribution in [-0.2, 0) is 11.3 Å². The Hall–Kier alpha value is -0.590. The Morgan fingerprint density at radius 3 is 2.83 bits per heavy atom. The average Bonchev–Trinajstić information content (AvgIpc) is 2.64. The number of carbonyl (C=O) groups is 1. The van der Waals surface area contributed by atoms with Gasteiger partial charge < -0.3 is 15.0 Å². The number of aryl methyl sites for hydroxylation is 1. The van der Waals surface area contributed by atoms with Crippen molar-refractivity contribution in [2.24, 2.45) is 0 Å². The van der Waals surface area contributed by atoms with Crippen molar-refractivity contribution in [1.29, 1.82) is 0 Å². The maximum Gasteiger partial charge on any atom is 0.410 e. The van der Waals surface area contributed by atoms with Crippen LogP contribution >= 0.6 is 27.3 Å². The number of ether oxygens (including phenoxy) is 1. The zero-order chi connectivity index (χ0) is 17.0. The second-order valence-corrected chi connectivity index (χ2v) is 9.31. The molecule has 6 heteroatoms. The van der Waals surface area contributed by atoms with Gasteiger partial charge in [-0.05, 0) is 62.5 Å². The number of nitrogens with one attached hydrogen (secondary N) is 1. The van der Waals surface area contributed by atoms with E-state index >= 15 is 0 Å². The first-order valence-corrected chi connectivity index (χ1v) is 9.81. The van der Waals surface area contributed by atoms with E-state index in [1.165, 1.54) is 14.2 Å². The minimum atomic E-state index is -0.437. The standard InChI is InChI=1S/C17H27BrN2O2S/c1-12-15(18)9-14(23-12)10-19-13-7-5-6-8-20(11-13)16(21)22-17(2,3)4/h9,13,19H,5-8,10-11H2,1-4H3. The molecule has 2 heterocycles. The van der Waals surface area contributed by atoms with Crippen molar-refractivity contribution in [2.75, 3.05) is 13.1 Å². The maximum absolute atomic E-state index is 12.3. The molecule has 1 N–H and O–H groups in total. The SMILES string of the molecule is Cc1sc(CNC2CCCCN(C(=O)OC(C)(C)C)C2)cc1Br. The van der Waals surface area contributed by atoms with Crippen LogP contribution in [0.5, 0.6) is 0 Å². The summed E-state index contributed by atoms with van der Waals surface area (Å²) in [4.78, 5) is 16.8. The molecule has 0 aromatic carbocycles. The first kappa shape index (κ1) is 18.7. The summed E-state index contributed by atoms with van der Waals surface area (Å²) in [7, 11) is 0. The maximum atomic E-state index is 12.3. The number of carbonyl (C=O) groups excluding carboxylic acids is 1. The van der Waals surface area contributed by atoms with Gasteiger partial charge in [-0.25, -0.2) is 4.79 Å². The smallest absolute Gasteiger partial charge is 0.410 e. The van der Waals surface area contributed by atoms with Crippen molar-refractivity contribution in [3.63, 3.8) is 0 Å². The summed E-state index contributed by atoms with van der Waals surface area (Å²) in [6.45, 7) is 10.2. The molecule has 4 nitrogen and oxygen atoms in total. The molecular formula is C17H27BrN2O2S. The highest BCUT2D eigenvalue weighted by Crippen LogP contribution is 2.26. The number of thiophene rings is 1. The predicted molar refractivity (Wildman–Crippen MR) is 99.0 cm³/mol. The molecule has 0 spiro atoms. The number of amides is 1. The van der Waals surface area contributed by atoms with E-state index in [0.717, 1.165) is 38.9 Å². The lowest BCUT2D eigenvalue weighted by Crippen LogP contribution is -2.44. The van der Waals surface area contributed by atoms with Gasteiger partial charge in [0, 0.05) is 39.9 Å². The highest BCUT2D eigenvalue weighted by Gasteiger charge is 2.26. The van der Waals surface area contributed by atoms with Gasteiger partial charge >= 0.3 is 6.09 Å². The fourth-order valence-corrected chi connectivity index (χ4v) is 4.20. The van der Waals surface area contributed by atoms with Crippen LogP contribution in [0, 0.1) is 6.92 Å². The summed E-state index contributed by atoms with van der Waals surface area (Å²) in [6.07, 6.45) is 3.09.